The number of hydrogen-bond acceptors (Lipinski definition) is 6. The average Bonchev–Trinajstić information content (AvgIpc) is 2.83. The van der Waals surface area contributed by atoms with Gasteiger partial charge in [-0.25, -0.2) is 9.48 Å². The maximum absolute atomic E-state index is 10.9. The number of carboxylic acid groups (broad SMARTS) is 1. The van der Waals surface area contributed by atoms with Crippen molar-refractivity contribution in [2.45, 2.75) is 0 Å². The van der Waals surface area contributed by atoms with E-state index < -0.39 is 27.2 Å². The van der Waals surface area contributed by atoms with E-state index in [1.165, 1.54) is 18.2 Å². The molecule has 0 unspecified atom stereocenters. The summed E-state index contributed by atoms with van der Waals surface area (Å²) < 4.78 is 1.21. The SMILES string of the molecule is O=C(O)c1nn(-c2ccc([N+](=O)[O-])cc2Br)cc1[N+](=O)[O-]. The lowest BCUT2D eigenvalue weighted by atomic mass is 10.3. The van der Waals surface area contributed by atoms with E-state index in [9.17, 15) is 25.0 Å². The van der Waals surface area contributed by atoms with Crippen molar-refractivity contribution >= 4 is 33.3 Å². The second kappa shape index (κ2) is 5.28. The van der Waals surface area contributed by atoms with Crippen LogP contribution in [0.25, 0.3) is 5.69 Å². The zero-order valence-electron chi connectivity index (χ0n) is 9.96. The Bertz CT molecular complexity index is 739. The highest BCUT2D eigenvalue weighted by Crippen LogP contribution is 2.28. The monoisotopic (exact) mass is 356 g/mol. The molecule has 0 spiro atoms. The molecule has 0 radical (unpaired) electrons. The van der Waals surface area contributed by atoms with Gasteiger partial charge in [0.15, 0.2) is 0 Å². The third-order valence-electron chi connectivity index (χ3n) is 2.48. The molecule has 0 aliphatic heterocycles. The Morgan fingerprint density at radius 2 is 1.95 bits per heavy atom. The minimum absolute atomic E-state index is 0.189. The smallest absolute Gasteiger partial charge is 0.363 e. The number of carboxylic acids is 1. The molecule has 0 amide bonds. The van der Waals surface area contributed by atoms with E-state index in [1.54, 1.807) is 0 Å². The number of aromatic nitrogens is 2. The summed E-state index contributed by atoms with van der Waals surface area (Å²) in [6.07, 6.45) is 0.926. The molecule has 0 atom stereocenters. The van der Waals surface area contributed by atoms with Crippen molar-refractivity contribution in [1.82, 2.24) is 9.78 Å². The van der Waals surface area contributed by atoms with Crippen LogP contribution in [0.4, 0.5) is 11.4 Å². The van der Waals surface area contributed by atoms with Crippen LogP contribution in [-0.4, -0.2) is 30.7 Å². The molecule has 0 bridgehead atoms. The van der Waals surface area contributed by atoms with E-state index in [2.05, 4.69) is 21.0 Å². The largest absolute Gasteiger partial charge is 0.476 e. The maximum atomic E-state index is 10.9. The molecule has 1 aromatic heterocycles. The molecule has 2 aromatic rings. The molecule has 0 saturated heterocycles. The van der Waals surface area contributed by atoms with Crippen molar-refractivity contribution < 1.29 is 19.7 Å². The Hall–Kier alpha value is -2.82. The lowest BCUT2D eigenvalue weighted by Gasteiger charge is -2.03. The van der Waals surface area contributed by atoms with Crippen LogP contribution in [0.2, 0.25) is 0 Å². The van der Waals surface area contributed by atoms with E-state index in [-0.39, 0.29) is 15.8 Å². The summed E-state index contributed by atoms with van der Waals surface area (Å²) in [4.78, 5) is 30.9. The summed E-state index contributed by atoms with van der Waals surface area (Å²) >= 11 is 3.08. The van der Waals surface area contributed by atoms with E-state index >= 15 is 0 Å². The number of nitrogens with zero attached hydrogens (tertiary/aromatic N) is 4. The van der Waals surface area contributed by atoms with Gasteiger partial charge in [-0.05, 0) is 22.0 Å². The first-order chi connectivity index (χ1) is 9.81. The molecular formula is C10H5BrN4O6. The summed E-state index contributed by atoms with van der Waals surface area (Å²) in [7, 11) is 0. The molecule has 1 aromatic carbocycles. The summed E-state index contributed by atoms with van der Waals surface area (Å²) in [6, 6.07) is 3.65. The van der Waals surface area contributed by atoms with Gasteiger partial charge in [0.25, 0.3) is 5.69 Å². The van der Waals surface area contributed by atoms with Crippen LogP contribution in [0.1, 0.15) is 10.5 Å². The average molecular weight is 357 g/mol. The van der Waals surface area contributed by atoms with E-state index in [0.29, 0.717) is 0 Å². The van der Waals surface area contributed by atoms with E-state index in [1.807, 2.05) is 0 Å². The third-order valence-corrected chi connectivity index (χ3v) is 3.12. The number of carbonyl (C=O) groups is 1. The molecule has 2 rings (SSSR count). The zero-order valence-corrected chi connectivity index (χ0v) is 11.6. The number of aromatic carboxylic acids is 1. The van der Waals surface area contributed by atoms with Gasteiger partial charge in [0.1, 0.15) is 6.20 Å². The fraction of sp³-hybridized carbons (Fsp3) is 0. The van der Waals surface area contributed by atoms with Crippen LogP contribution in [0.3, 0.4) is 0 Å². The third kappa shape index (κ3) is 2.72. The predicted octanol–water partition coefficient (Wildman–Crippen LogP) is 2.15. The highest BCUT2D eigenvalue weighted by molar-refractivity contribution is 9.10. The molecular weight excluding hydrogens is 352 g/mol. The number of halogens is 1. The number of non-ortho nitro benzene ring substituents is 1. The lowest BCUT2D eigenvalue weighted by Crippen LogP contribution is -2.03. The first-order valence-corrected chi connectivity index (χ1v) is 6.02. The maximum Gasteiger partial charge on any atom is 0.363 e. The number of nitro groups is 2. The van der Waals surface area contributed by atoms with Crippen LogP contribution in [0, 0.1) is 20.2 Å². The Balaban J connectivity index is 2.57. The van der Waals surface area contributed by atoms with Crippen molar-refractivity contribution in [3.8, 4) is 5.69 Å². The van der Waals surface area contributed by atoms with Crippen molar-refractivity contribution in [1.29, 1.82) is 0 Å². The second-order valence-electron chi connectivity index (χ2n) is 3.76. The van der Waals surface area contributed by atoms with E-state index in [4.69, 9.17) is 5.11 Å². The minimum atomic E-state index is -1.54. The van der Waals surface area contributed by atoms with Crippen LogP contribution in [-0.2, 0) is 0 Å². The second-order valence-corrected chi connectivity index (χ2v) is 4.62. The Morgan fingerprint density at radius 3 is 2.38 bits per heavy atom. The van der Waals surface area contributed by atoms with Crippen LogP contribution >= 0.6 is 15.9 Å². The fourth-order valence-corrected chi connectivity index (χ4v) is 2.12. The summed E-state index contributed by atoms with van der Waals surface area (Å²) in [5.41, 5.74) is -1.35. The Labute approximate surface area is 124 Å². The first kappa shape index (κ1) is 14.6. The Kier molecular flexibility index (Phi) is 3.67. The van der Waals surface area contributed by atoms with Crippen LogP contribution in [0.5, 0.6) is 0 Å². The molecule has 11 heteroatoms. The van der Waals surface area contributed by atoms with Crippen molar-refractivity contribution in [3.63, 3.8) is 0 Å². The van der Waals surface area contributed by atoms with Gasteiger partial charge in [-0.3, -0.25) is 20.2 Å². The van der Waals surface area contributed by atoms with Crippen molar-refractivity contribution in [2.24, 2.45) is 0 Å². The molecule has 1 N–H and O–H groups in total. The predicted molar refractivity (Wildman–Crippen MR) is 71.5 cm³/mol. The molecule has 1 heterocycles. The van der Waals surface area contributed by atoms with Gasteiger partial charge in [-0.1, -0.05) is 0 Å². The van der Waals surface area contributed by atoms with Gasteiger partial charge in [0.2, 0.25) is 5.69 Å². The van der Waals surface area contributed by atoms with Crippen molar-refractivity contribution in [2.75, 3.05) is 0 Å². The molecule has 0 aliphatic carbocycles. The zero-order chi connectivity index (χ0) is 15.7. The van der Waals surface area contributed by atoms with Gasteiger partial charge in [-0.15, -0.1) is 0 Å². The lowest BCUT2D eigenvalue weighted by molar-refractivity contribution is -0.385. The number of rotatable bonds is 4. The van der Waals surface area contributed by atoms with Gasteiger partial charge in [0, 0.05) is 12.1 Å². The molecule has 0 fully saturated rings. The molecule has 10 nitrogen and oxygen atoms in total. The topological polar surface area (TPSA) is 141 Å². The molecule has 0 saturated carbocycles. The van der Waals surface area contributed by atoms with Gasteiger partial charge < -0.3 is 5.11 Å². The first-order valence-electron chi connectivity index (χ1n) is 5.23. The van der Waals surface area contributed by atoms with Crippen LogP contribution < -0.4 is 0 Å². The van der Waals surface area contributed by atoms with Crippen LogP contribution in [0.15, 0.2) is 28.9 Å². The fourth-order valence-electron chi connectivity index (χ4n) is 1.57. The van der Waals surface area contributed by atoms with E-state index in [0.717, 1.165) is 10.9 Å². The highest BCUT2D eigenvalue weighted by Gasteiger charge is 2.26. The number of nitro benzene ring substituents is 1. The molecule has 21 heavy (non-hydrogen) atoms. The highest BCUT2D eigenvalue weighted by atomic mass is 79.9. The summed E-state index contributed by atoms with van der Waals surface area (Å²) in [5, 5.41) is 33.9. The van der Waals surface area contributed by atoms with Gasteiger partial charge in [0.05, 0.1) is 20.0 Å². The number of benzene rings is 1. The summed E-state index contributed by atoms with van der Waals surface area (Å²) in [6.45, 7) is 0. The van der Waals surface area contributed by atoms with Gasteiger partial charge >= 0.3 is 11.7 Å². The molecule has 0 aliphatic rings. The standard InChI is InChI=1S/C10H5BrN4O6/c11-6-3-5(14(18)19)1-2-7(6)13-4-8(15(20)21)9(12-13)10(16)17/h1-4H,(H,16,17). The van der Waals surface area contributed by atoms with Gasteiger partial charge in [-0.2, -0.15) is 5.10 Å². The molecule has 108 valence electrons. The Morgan fingerprint density at radius 1 is 1.29 bits per heavy atom. The normalized spacial score (nSPS) is 10.3. The van der Waals surface area contributed by atoms with Crippen molar-refractivity contribution in [3.05, 3.63) is 54.8 Å². The number of hydrogen-bond donors (Lipinski definition) is 1. The minimum Gasteiger partial charge on any atom is -0.476 e. The summed E-state index contributed by atoms with van der Waals surface area (Å²) in [5.74, 6) is -1.54. The quantitative estimate of drug-likeness (QED) is 0.652.